The second kappa shape index (κ2) is 7.24. The topological polar surface area (TPSA) is 59.9 Å². The normalized spacial score (nSPS) is 10.6. The number of methoxy groups -OCH3 is 2. The standard InChI is InChI=1S/C14H13BrN2O3S/c1-19-12-4-3-9(5-13(12)20-2)14(18)17-16-7-11-6-10(15)8-21-11/h3-8H,1-2H3,(H,17,18)/b16-7-. The molecule has 7 heteroatoms. The average molecular weight is 369 g/mol. The Bertz CT molecular complexity index is 670. The zero-order valence-electron chi connectivity index (χ0n) is 11.4. The number of thiophene rings is 1. The van der Waals surface area contributed by atoms with Gasteiger partial charge in [0.25, 0.3) is 5.91 Å². The quantitative estimate of drug-likeness (QED) is 0.650. The summed E-state index contributed by atoms with van der Waals surface area (Å²) >= 11 is 4.88. The summed E-state index contributed by atoms with van der Waals surface area (Å²) in [5, 5.41) is 5.86. The number of carbonyl (C=O) groups is 1. The number of halogens is 1. The van der Waals surface area contributed by atoms with E-state index in [4.69, 9.17) is 9.47 Å². The summed E-state index contributed by atoms with van der Waals surface area (Å²) in [6.07, 6.45) is 1.59. The second-order valence-corrected chi connectivity index (χ2v) is 5.79. The van der Waals surface area contributed by atoms with Crippen LogP contribution in [0.25, 0.3) is 0 Å². The van der Waals surface area contributed by atoms with Gasteiger partial charge in [0.1, 0.15) is 0 Å². The van der Waals surface area contributed by atoms with Crippen molar-refractivity contribution in [1.29, 1.82) is 0 Å². The van der Waals surface area contributed by atoms with Gasteiger partial charge in [0.15, 0.2) is 11.5 Å². The lowest BCUT2D eigenvalue weighted by atomic mass is 10.2. The number of amides is 1. The van der Waals surface area contributed by atoms with E-state index in [9.17, 15) is 4.79 Å². The van der Waals surface area contributed by atoms with Crippen LogP contribution in [-0.4, -0.2) is 26.3 Å². The molecule has 21 heavy (non-hydrogen) atoms. The fraction of sp³-hybridized carbons (Fsp3) is 0.143. The van der Waals surface area contributed by atoms with Gasteiger partial charge in [-0.15, -0.1) is 11.3 Å². The average Bonchev–Trinajstić information content (AvgIpc) is 2.91. The molecule has 0 saturated carbocycles. The Balaban J connectivity index is 2.05. The van der Waals surface area contributed by atoms with Crippen LogP contribution in [0.2, 0.25) is 0 Å². The van der Waals surface area contributed by atoms with Crippen LogP contribution in [0.1, 0.15) is 15.2 Å². The third kappa shape index (κ3) is 4.05. The van der Waals surface area contributed by atoms with E-state index < -0.39 is 0 Å². The van der Waals surface area contributed by atoms with Crippen molar-refractivity contribution >= 4 is 39.4 Å². The third-order valence-electron chi connectivity index (χ3n) is 2.59. The fourth-order valence-corrected chi connectivity index (χ4v) is 2.90. The number of hydrazone groups is 1. The van der Waals surface area contributed by atoms with Crippen LogP contribution in [0, 0.1) is 0 Å². The number of benzene rings is 1. The number of carbonyl (C=O) groups excluding carboxylic acids is 1. The number of rotatable bonds is 5. The molecule has 2 aromatic rings. The molecule has 0 atom stereocenters. The number of nitrogens with zero attached hydrogens (tertiary/aromatic N) is 1. The SMILES string of the molecule is COc1ccc(C(=O)N/N=C\c2cc(Br)cs2)cc1OC. The van der Waals surface area contributed by atoms with Crippen molar-refractivity contribution in [2.75, 3.05) is 14.2 Å². The molecule has 5 nitrogen and oxygen atoms in total. The highest BCUT2D eigenvalue weighted by Crippen LogP contribution is 2.27. The van der Waals surface area contributed by atoms with E-state index in [2.05, 4.69) is 26.5 Å². The molecule has 1 aromatic carbocycles. The summed E-state index contributed by atoms with van der Waals surface area (Å²) in [6.45, 7) is 0. The van der Waals surface area contributed by atoms with Crippen molar-refractivity contribution in [2.45, 2.75) is 0 Å². The lowest BCUT2D eigenvalue weighted by molar-refractivity contribution is 0.0954. The van der Waals surface area contributed by atoms with Crippen molar-refractivity contribution < 1.29 is 14.3 Å². The molecule has 0 saturated heterocycles. The van der Waals surface area contributed by atoms with Gasteiger partial charge in [-0.05, 0) is 40.2 Å². The van der Waals surface area contributed by atoms with Gasteiger partial charge < -0.3 is 9.47 Å². The molecule has 1 aromatic heterocycles. The summed E-state index contributed by atoms with van der Waals surface area (Å²) in [6, 6.07) is 6.84. The number of hydrogen-bond acceptors (Lipinski definition) is 5. The minimum absolute atomic E-state index is 0.317. The monoisotopic (exact) mass is 368 g/mol. The van der Waals surface area contributed by atoms with Gasteiger partial charge in [0.05, 0.1) is 20.4 Å². The van der Waals surface area contributed by atoms with Crippen LogP contribution in [-0.2, 0) is 0 Å². The van der Waals surface area contributed by atoms with Crippen LogP contribution in [0.15, 0.2) is 39.2 Å². The van der Waals surface area contributed by atoms with Crippen LogP contribution in [0.4, 0.5) is 0 Å². The number of hydrogen-bond donors (Lipinski definition) is 1. The molecule has 0 radical (unpaired) electrons. The first-order valence-corrected chi connectivity index (χ1v) is 7.60. The van der Waals surface area contributed by atoms with Crippen molar-refractivity contribution in [3.8, 4) is 11.5 Å². The van der Waals surface area contributed by atoms with Gasteiger partial charge in [-0.25, -0.2) is 5.43 Å². The van der Waals surface area contributed by atoms with Crippen molar-refractivity contribution in [3.63, 3.8) is 0 Å². The second-order valence-electron chi connectivity index (χ2n) is 3.94. The van der Waals surface area contributed by atoms with Crippen LogP contribution in [0.3, 0.4) is 0 Å². The first kappa shape index (κ1) is 15.5. The largest absolute Gasteiger partial charge is 0.493 e. The third-order valence-corrected chi connectivity index (χ3v) is 4.22. The molecule has 0 aliphatic carbocycles. The van der Waals surface area contributed by atoms with E-state index in [0.29, 0.717) is 17.1 Å². The van der Waals surface area contributed by atoms with Crippen LogP contribution < -0.4 is 14.9 Å². The van der Waals surface area contributed by atoms with Crippen molar-refractivity contribution in [3.05, 3.63) is 44.6 Å². The maximum Gasteiger partial charge on any atom is 0.271 e. The molecule has 1 heterocycles. The lowest BCUT2D eigenvalue weighted by Gasteiger charge is -2.08. The molecule has 0 aliphatic heterocycles. The molecule has 0 aliphatic rings. The Kier molecular flexibility index (Phi) is 5.35. The van der Waals surface area contributed by atoms with Gasteiger partial charge in [-0.1, -0.05) is 0 Å². The molecule has 0 bridgehead atoms. The lowest BCUT2D eigenvalue weighted by Crippen LogP contribution is -2.17. The maximum atomic E-state index is 12.0. The van der Waals surface area contributed by atoms with Crippen molar-refractivity contribution in [1.82, 2.24) is 5.43 Å². The van der Waals surface area contributed by atoms with Gasteiger partial charge in [-0.3, -0.25) is 4.79 Å². The summed E-state index contributed by atoms with van der Waals surface area (Å²) in [5.41, 5.74) is 2.91. The Morgan fingerprint density at radius 1 is 1.29 bits per heavy atom. The molecule has 110 valence electrons. The molecule has 2 rings (SSSR count). The first-order chi connectivity index (χ1) is 10.1. The van der Waals surface area contributed by atoms with Gasteiger partial charge in [0.2, 0.25) is 0 Å². The summed E-state index contributed by atoms with van der Waals surface area (Å²) in [5.74, 6) is 0.750. The van der Waals surface area contributed by atoms with E-state index in [0.717, 1.165) is 9.35 Å². The van der Waals surface area contributed by atoms with E-state index in [1.165, 1.54) is 18.4 Å². The van der Waals surface area contributed by atoms with E-state index in [1.807, 2.05) is 11.4 Å². The molecular weight excluding hydrogens is 356 g/mol. The summed E-state index contributed by atoms with van der Waals surface area (Å²) in [4.78, 5) is 12.9. The predicted molar refractivity (Wildman–Crippen MR) is 86.6 cm³/mol. The summed E-state index contributed by atoms with van der Waals surface area (Å²) in [7, 11) is 3.06. The van der Waals surface area contributed by atoms with E-state index in [-0.39, 0.29) is 5.91 Å². The van der Waals surface area contributed by atoms with Crippen LogP contribution >= 0.6 is 27.3 Å². The Morgan fingerprint density at radius 3 is 2.67 bits per heavy atom. The zero-order chi connectivity index (χ0) is 15.2. The summed E-state index contributed by atoms with van der Waals surface area (Å²) < 4.78 is 11.3. The highest BCUT2D eigenvalue weighted by atomic mass is 79.9. The van der Waals surface area contributed by atoms with Crippen molar-refractivity contribution in [2.24, 2.45) is 5.10 Å². The first-order valence-electron chi connectivity index (χ1n) is 5.93. The Morgan fingerprint density at radius 2 is 2.05 bits per heavy atom. The van der Waals surface area contributed by atoms with Gasteiger partial charge >= 0.3 is 0 Å². The van der Waals surface area contributed by atoms with E-state index in [1.54, 1.807) is 31.5 Å². The highest BCUT2D eigenvalue weighted by molar-refractivity contribution is 9.10. The molecule has 1 N–H and O–H groups in total. The molecule has 1 amide bonds. The smallest absolute Gasteiger partial charge is 0.271 e. The molecule has 0 spiro atoms. The Hall–Kier alpha value is -1.86. The predicted octanol–water partition coefficient (Wildman–Crippen LogP) is 3.29. The number of ether oxygens (including phenoxy) is 2. The minimum atomic E-state index is -0.317. The maximum absolute atomic E-state index is 12.0. The molecule has 0 unspecified atom stereocenters. The van der Waals surface area contributed by atoms with Crippen LogP contribution in [0.5, 0.6) is 11.5 Å². The molecular formula is C14H13BrN2O3S. The fourth-order valence-electron chi connectivity index (χ4n) is 1.59. The molecule has 0 fully saturated rings. The zero-order valence-corrected chi connectivity index (χ0v) is 13.8. The van der Waals surface area contributed by atoms with Gasteiger partial charge in [-0.2, -0.15) is 5.10 Å². The highest BCUT2D eigenvalue weighted by Gasteiger charge is 2.09. The Labute approximate surface area is 134 Å². The van der Waals surface area contributed by atoms with Gasteiger partial charge in [0, 0.05) is 20.3 Å². The minimum Gasteiger partial charge on any atom is -0.493 e. The number of nitrogens with one attached hydrogen (secondary N) is 1. The van der Waals surface area contributed by atoms with E-state index >= 15 is 0 Å².